The summed E-state index contributed by atoms with van der Waals surface area (Å²) in [5.41, 5.74) is -0.0651. The molecule has 94 valence electrons. The molecular weight excluding hydrogens is 238 g/mol. The highest BCUT2D eigenvalue weighted by atomic mass is 32.2. The zero-order valence-electron chi connectivity index (χ0n) is 9.86. The molecular formula is C12H17NO3S. The molecule has 4 nitrogen and oxygen atoms in total. The van der Waals surface area contributed by atoms with Gasteiger partial charge in [-0.2, -0.15) is 11.8 Å². The minimum Gasteiger partial charge on any atom is -0.455 e. The van der Waals surface area contributed by atoms with Crippen LogP contribution in [0.15, 0.2) is 16.5 Å². The van der Waals surface area contributed by atoms with E-state index in [1.807, 2.05) is 12.3 Å². The number of furan rings is 1. The maximum Gasteiger partial charge on any atom is 0.287 e. The third kappa shape index (κ3) is 3.04. The predicted molar refractivity (Wildman–Crippen MR) is 67.0 cm³/mol. The maximum absolute atomic E-state index is 11.8. The van der Waals surface area contributed by atoms with Gasteiger partial charge in [-0.05, 0) is 31.2 Å². The number of carbonyl (C=O) groups is 1. The number of rotatable bonds is 6. The summed E-state index contributed by atoms with van der Waals surface area (Å²) in [5.74, 6) is 1.74. The average Bonchev–Trinajstić information content (AvgIpc) is 2.98. The highest BCUT2D eigenvalue weighted by Crippen LogP contribution is 2.44. The monoisotopic (exact) mass is 255 g/mol. The highest BCUT2D eigenvalue weighted by molar-refractivity contribution is 7.97. The molecule has 1 aromatic heterocycles. The molecule has 0 saturated heterocycles. The number of aliphatic hydroxyl groups is 1. The van der Waals surface area contributed by atoms with Crippen LogP contribution in [0.25, 0.3) is 0 Å². The summed E-state index contributed by atoms with van der Waals surface area (Å²) in [6.45, 7) is 0.671. The van der Waals surface area contributed by atoms with E-state index in [0.717, 1.165) is 24.4 Å². The molecule has 5 heteroatoms. The van der Waals surface area contributed by atoms with Gasteiger partial charge in [0.05, 0.1) is 12.4 Å². The van der Waals surface area contributed by atoms with Crippen molar-refractivity contribution in [2.24, 2.45) is 5.41 Å². The number of amides is 1. The highest BCUT2D eigenvalue weighted by Gasteiger charge is 2.42. The van der Waals surface area contributed by atoms with Gasteiger partial charge in [0.2, 0.25) is 0 Å². The van der Waals surface area contributed by atoms with Gasteiger partial charge in [0, 0.05) is 12.0 Å². The van der Waals surface area contributed by atoms with Gasteiger partial charge in [-0.1, -0.05) is 0 Å². The molecule has 0 radical (unpaired) electrons. The van der Waals surface area contributed by atoms with Gasteiger partial charge in [0.15, 0.2) is 5.76 Å². The van der Waals surface area contributed by atoms with E-state index in [-0.39, 0.29) is 17.9 Å². The summed E-state index contributed by atoms with van der Waals surface area (Å²) in [7, 11) is 0. The van der Waals surface area contributed by atoms with E-state index in [0.29, 0.717) is 12.3 Å². The lowest BCUT2D eigenvalue weighted by Crippen LogP contribution is -2.31. The average molecular weight is 255 g/mol. The minimum atomic E-state index is -0.197. The summed E-state index contributed by atoms with van der Waals surface area (Å²) in [6.07, 6.45) is 3.96. The van der Waals surface area contributed by atoms with Gasteiger partial charge in [0.25, 0.3) is 5.91 Å². The van der Waals surface area contributed by atoms with Crippen LogP contribution >= 0.6 is 11.8 Å². The lowest BCUT2D eigenvalue weighted by molar-refractivity contribution is 0.0906. The van der Waals surface area contributed by atoms with Gasteiger partial charge in [-0.15, -0.1) is 0 Å². The quantitative estimate of drug-likeness (QED) is 0.811. The number of aliphatic hydroxyl groups excluding tert-OH is 1. The van der Waals surface area contributed by atoms with Crippen LogP contribution in [0.3, 0.4) is 0 Å². The number of nitrogens with one attached hydrogen (secondary N) is 1. The van der Waals surface area contributed by atoms with Crippen LogP contribution in [0.5, 0.6) is 0 Å². The summed E-state index contributed by atoms with van der Waals surface area (Å²) in [4.78, 5) is 11.8. The molecule has 1 aromatic rings. The summed E-state index contributed by atoms with van der Waals surface area (Å²) < 4.78 is 5.41. The van der Waals surface area contributed by atoms with Crippen molar-refractivity contribution in [1.29, 1.82) is 0 Å². The van der Waals surface area contributed by atoms with Crippen LogP contribution in [0.1, 0.15) is 29.2 Å². The van der Waals surface area contributed by atoms with Crippen molar-refractivity contribution in [3.8, 4) is 0 Å². The number of thioether (sulfide) groups is 1. The Balaban J connectivity index is 1.86. The third-order valence-electron chi connectivity index (χ3n) is 3.09. The first-order chi connectivity index (χ1) is 8.19. The Morgan fingerprint density at radius 1 is 1.59 bits per heavy atom. The van der Waals surface area contributed by atoms with Crippen molar-refractivity contribution >= 4 is 17.7 Å². The van der Waals surface area contributed by atoms with Crippen LogP contribution < -0.4 is 5.32 Å². The van der Waals surface area contributed by atoms with Gasteiger partial charge >= 0.3 is 0 Å². The van der Waals surface area contributed by atoms with E-state index < -0.39 is 0 Å². The number of carbonyl (C=O) groups excluding carboxylic acids is 1. The fraction of sp³-hybridized carbons (Fsp3) is 0.583. The van der Waals surface area contributed by atoms with Crippen molar-refractivity contribution in [1.82, 2.24) is 5.32 Å². The number of hydrogen-bond donors (Lipinski definition) is 2. The molecule has 0 spiro atoms. The van der Waals surface area contributed by atoms with Crippen molar-refractivity contribution in [3.05, 3.63) is 23.7 Å². The first-order valence-electron chi connectivity index (χ1n) is 5.66. The lowest BCUT2D eigenvalue weighted by atomic mass is 10.1. The first kappa shape index (κ1) is 12.5. The van der Waals surface area contributed by atoms with Crippen molar-refractivity contribution < 1.29 is 14.3 Å². The zero-order valence-corrected chi connectivity index (χ0v) is 10.7. The van der Waals surface area contributed by atoms with E-state index in [4.69, 9.17) is 9.52 Å². The molecule has 0 aliphatic heterocycles. The van der Waals surface area contributed by atoms with E-state index in [2.05, 4.69) is 5.32 Å². The fourth-order valence-electron chi connectivity index (χ4n) is 1.64. The Kier molecular flexibility index (Phi) is 3.79. The van der Waals surface area contributed by atoms with E-state index in [1.165, 1.54) is 0 Å². The van der Waals surface area contributed by atoms with E-state index in [1.54, 1.807) is 17.8 Å². The normalized spacial score (nSPS) is 16.8. The maximum atomic E-state index is 11.8. The SMILES string of the molecule is CSCc1ccc(C(=O)NCC2(CO)CC2)o1. The van der Waals surface area contributed by atoms with Crippen LogP contribution in [0.2, 0.25) is 0 Å². The van der Waals surface area contributed by atoms with Crippen LogP contribution in [-0.2, 0) is 5.75 Å². The van der Waals surface area contributed by atoms with Crippen molar-refractivity contribution in [2.75, 3.05) is 19.4 Å². The first-order valence-corrected chi connectivity index (χ1v) is 7.05. The van der Waals surface area contributed by atoms with Gasteiger partial charge in [0.1, 0.15) is 5.76 Å². The lowest BCUT2D eigenvalue weighted by Gasteiger charge is -2.11. The molecule has 2 rings (SSSR count). The standard InChI is InChI=1S/C12H17NO3S/c1-17-6-9-2-3-10(16-9)11(15)13-7-12(8-14)4-5-12/h2-3,14H,4-8H2,1H3,(H,13,15). The van der Waals surface area contributed by atoms with E-state index in [9.17, 15) is 4.79 Å². The van der Waals surface area contributed by atoms with Crippen molar-refractivity contribution in [2.45, 2.75) is 18.6 Å². The molecule has 1 heterocycles. The molecule has 0 unspecified atom stereocenters. The number of hydrogen-bond acceptors (Lipinski definition) is 4. The minimum absolute atomic E-state index is 0.0651. The Morgan fingerprint density at radius 2 is 2.35 bits per heavy atom. The molecule has 2 N–H and O–H groups in total. The summed E-state index contributed by atoms with van der Waals surface area (Å²) >= 11 is 1.65. The van der Waals surface area contributed by atoms with Gasteiger partial charge < -0.3 is 14.8 Å². The van der Waals surface area contributed by atoms with Crippen LogP contribution in [-0.4, -0.2) is 30.4 Å². The van der Waals surface area contributed by atoms with Gasteiger partial charge in [-0.3, -0.25) is 4.79 Å². The molecule has 1 fully saturated rings. The second-order valence-corrected chi connectivity index (χ2v) is 5.41. The molecule has 1 aliphatic carbocycles. The molecule has 17 heavy (non-hydrogen) atoms. The van der Waals surface area contributed by atoms with Gasteiger partial charge in [-0.25, -0.2) is 0 Å². The predicted octanol–water partition coefficient (Wildman–Crippen LogP) is 1.64. The Bertz CT molecular complexity index is 398. The largest absolute Gasteiger partial charge is 0.455 e. The van der Waals surface area contributed by atoms with E-state index >= 15 is 0 Å². The molecule has 1 saturated carbocycles. The molecule has 1 amide bonds. The van der Waals surface area contributed by atoms with Crippen LogP contribution in [0, 0.1) is 5.41 Å². The molecule has 0 bridgehead atoms. The van der Waals surface area contributed by atoms with Crippen LogP contribution in [0.4, 0.5) is 0 Å². The summed E-state index contributed by atoms with van der Waals surface area (Å²) in [6, 6.07) is 3.52. The Hall–Kier alpha value is -0.940. The smallest absolute Gasteiger partial charge is 0.287 e. The fourth-order valence-corrected chi connectivity index (χ4v) is 2.08. The molecule has 0 aromatic carbocycles. The topological polar surface area (TPSA) is 62.5 Å². The zero-order chi connectivity index (χ0) is 12.3. The second-order valence-electron chi connectivity index (χ2n) is 4.54. The Labute approximate surface area is 105 Å². The summed E-state index contributed by atoms with van der Waals surface area (Å²) in [5, 5.41) is 11.9. The second kappa shape index (κ2) is 5.14. The molecule has 0 atom stereocenters. The Morgan fingerprint density at radius 3 is 2.94 bits per heavy atom. The van der Waals surface area contributed by atoms with Crippen molar-refractivity contribution in [3.63, 3.8) is 0 Å². The third-order valence-corrected chi connectivity index (χ3v) is 3.66. The molecule has 1 aliphatic rings.